The van der Waals surface area contributed by atoms with Gasteiger partial charge in [-0.15, -0.1) is 0 Å². The fourth-order valence-electron chi connectivity index (χ4n) is 1.40. The van der Waals surface area contributed by atoms with Gasteiger partial charge in [0, 0.05) is 19.4 Å². The van der Waals surface area contributed by atoms with Crippen LogP contribution in [0.1, 0.15) is 0 Å². The monoisotopic (exact) mass is 247 g/mol. The van der Waals surface area contributed by atoms with E-state index < -0.39 is 0 Å². The summed E-state index contributed by atoms with van der Waals surface area (Å²) in [5, 5.41) is 12.2. The second kappa shape index (κ2) is 4.06. The van der Waals surface area contributed by atoms with E-state index in [1.54, 1.807) is 25.6 Å². The van der Waals surface area contributed by atoms with Crippen LogP contribution in [-0.2, 0) is 0 Å². The van der Waals surface area contributed by atoms with Gasteiger partial charge in [0.25, 0.3) is 0 Å². The Morgan fingerprint density at radius 1 is 1.35 bits per heavy atom. The van der Waals surface area contributed by atoms with E-state index in [-0.39, 0.29) is 0 Å². The summed E-state index contributed by atoms with van der Waals surface area (Å²) in [6, 6.07) is 0. The first-order valence-corrected chi connectivity index (χ1v) is 5.74. The van der Waals surface area contributed by atoms with E-state index in [9.17, 15) is 0 Å². The van der Waals surface area contributed by atoms with Crippen LogP contribution in [0.4, 0.5) is 5.95 Å². The number of aromatic nitrogens is 6. The summed E-state index contributed by atoms with van der Waals surface area (Å²) in [4.78, 5) is 15.8. The summed E-state index contributed by atoms with van der Waals surface area (Å²) in [6.45, 7) is 0. The highest BCUT2D eigenvalue weighted by molar-refractivity contribution is 7.99. The van der Waals surface area contributed by atoms with Crippen molar-refractivity contribution in [2.45, 2.75) is 10.2 Å². The standard InChI is InChI=1S/C9H9N7S/c1-10-8-14-6-5(4-13-16-6)7(15-8)17-9-11-2-3-12-9/h2-4H,1H3,(H,11,12)(H2,10,13,14,15,16). The Kier molecular flexibility index (Phi) is 2.41. The molecule has 0 radical (unpaired) electrons. The van der Waals surface area contributed by atoms with E-state index >= 15 is 0 Å². The van der Waals surface area contributed by atoms with E-state index in [0.717, 1.165) is 15.6 Å². The number of nitrogens with one attached hydrogen (secondary N) is 3. The molecular formula is C9H9N7S. The average Bonchev–Trinajstić information content (AvgIpc) is 2.98. The number of H-pyrrole nitrogens is 2. The molecule has 0 unspecified atom stereocenters. The molecule has 3 rings (SSSR count). The predicted octanol–water partition coefficient (Wildman–Crippen LogP) is 1.27. The van der Waals surface area contributed by atoms with Crippen LogP contribution in [0.5, 0.6) is 0 Å². The predicted molar refractivity (Wildman–Crippen MR) is 63.9 cm³/mol. The molecule has 0 atom stereocenters. The number of rotatable bonds is 3. The molecule has 0 aliphatic carbocycles. The van der Waals surface area contributed by atoms with Crippen LogP contribution in [0.15, 0.2) is 28.8 Å². The molecule has 3 N–H and O–H groups in total. The van der Waals surface area contributed by atoms with Gasteiger partial charge in [-0.1, -0.05) is 0 Å². The Labute approximate surface area is 100 Å². The summed E-state index contributed by atoms with van der Waals surface area (Å²) in [5.41, 5.74) is 0.707. The molecule has 8 heteroatoms. The second-order valence-corrected chi connectivity index (χ2v) is 4.21. The Balaban J connectivity index is 2.10. The van der Waals surface area contributed by atoms with Gasteiger partial charge in [0.05, 0.1) is 11.6 Å². The number of hydrogen-bond donors (Lipinski definition) is 3. The van der Waals surface area contributed by atoms with Gasteiger partial charge in [0.1, 0.15) is 5.03 Å². The highest BCUT2D eigenvalue weighted by Gasteiger charge is 2.11. The summed E-state index contributed by atoms with van der Waals surface area (Å²) in [6.07, 6.45) is 5.18. The third kappa shape index (κ3) is 1.82. The highest BCUT2D eigenvalue weighted by atomic mass is 32.2. The zero-order chi connectivity index (χ0) is 11.7. The molecule has 7 nitrogen and oxygen atoms in total. The first-order valence-electron chi connectivity index (χ1n) is 4.93. The molecule has 0 amide bonds. The van der Waals surface area contributed by atoms with Crippen LogP contribution >= 0.6 is 11.8 Å². The Morgan fingerprint density at radius 3 is 3.06 bits per heavy atom. The zero-order valence-corrected chi connectivity index (χ0v) is 9.75. The van der Waals surface area contributed by atoms with Gasteiger partial charge in [-0.05, 0) is 11.8 Å². The number of nitrogens with zero attached hydrogens (tertiary/aromatic N) is 4. The lowest BCUT2D eigenvalue weighted by molar-refractivity contribution is 1.03. The molecule has 0 aliphatic rings. The lowest BCUT2D eigenvalue weighted by atomic mass is 10.4. The van der Waals surface area contributed by atoms with Crippen molar-refractivity contribution in [3.8, 4) is 0 Å². The summed E-state index contributed by atoms with van der Waals surface area (Å²) < 4.78 is 0. The van der Waals surface area contributed by atoms with Crippen molar-refractivity contribution in [1.82, 2.24) is 30.1 Å². The topological polar surface area (TPSA) is 95.2 Å². The minimum Gasteiger partial charge on any atom is -0.357 e. The maximum atomic E-state index is 4.39. The van der Waals surface area contributed by atoms with Gasteiger partial charge in [-0.3, -0.25) is 5.10 Å². The van der Waals surface area contributed by atoms with Gasteiger partial charge in [-0.2, -0.15) is 10.1 Å². The van der Waals surface area contributed by atoms with Crippen LogP contribution in [0, 0.1) is 0 Å². The highest BCUT2D eigenvalue weighted by Crippen LogP contribution is 2.29. The van der Waals surface area contributed by atoms with Crippen LogP contribution in [0.25, 0.3) is 11.0 Å². The largest absolute Gasteiger partial charge is 0.357 e. The molecule has 3 aromatic heterocycles. The molecule has 3 aromatic rings. The number of hydrogen-bond acceptors (Lipinski definition) is 6. The molecule has 0 bridgehead atoms. The van der Waals surface area contributed by atoms with Gasteiger partial charge in [0.15, 0.2) is 10.8 Å². The van der Waals surface area contributed by atoms with Crippen LogP contribution in [0.2, 0.25) is 0 Å². The lowest BCUT2D eigenvalue weighted by Crippen LogP contribution is -1.97. The molecule has 17 heavy (non-hydrogen) atoms. The quantitative estimate of drug-likeness (QED) is 0.603. The van der Waals surface area contributed by atoms with Crippen LogP contribution in [0.3, 0.4) is 0 Å². The second-order valence-electron chi connectivity index (χ2n) is 3.23. The third-order valence-electron chi connectivity index (χ3n) is 2.16. The maximum absolute atomic E-state index is 4.39. The smallest absolute Gasteiger partial charge is 0.225 e. The van der Waals surface area contributed by atoms with E-state index in [0.29, 0.717) is 11.6 Å². The SMILES string of the molecule is CNc1nc(Sc2ncc[nH]2)c2cn[nH]c2n1. The molecule has 0 aliphatic heterocycles. The Morgan fingerprint density at radius 2 is 2.29 bits per heavy atom. The lowest BCUT2D eigenvalue weighted by Gasteiger charge is -2.02. The molecular weight excluding hydrogens is 238 g/mol. The van der Waals surface area contributed by atoms with E-state index in [4.69, 9.17) is 0 Å². The van der Waals surface area contributed by atoms with E-state index in [2.05, 4.69) is 35.5 Å². The summed E-state index contributed by atoms with van der Waals surface area (Å²) in [7, 11) is 1.78. The average molecular weight is 247 g/mol. The fraction of sp³-hybridized carbons (Fsp3) is 0.111. The Bertz CT molecular complexity index is 630. The minimum absolute atomic E-state index is 0.552. The fourth-order valence-corrected chi connectivity index (χ4v) is 2.21. The van der Waals surface area contributed by atoms with Crippen molar-refractivity contribution in [1.29, 1.82) is 0 Å². The molecule has 86 valence electrons. The molecule has 0 saturated carbocycles. The van der Waals surface area contributed by atoms with Crippen molar-refractivity contribution in [2.24, 2.45) is 0 Å². The third-order valence-corrected chi connectivity index (χ3v) is 3.09. The molecule has 0 spiro atoms. The number of imidazole rings is 1. The van der Waals surface area contributed by atoms with Crippen LogP contribution in [-0.4, -0.2) is 37.2 Å². The molecule has 0 fully saturated rings. The maximum Gasteiger partial charge on any atom is 0.225 e. The summed E-state index contributed by atoms with van der Waals surface area (Å²) >= 11 is 1.44. The van der Waals surface area contributed by atoms with Crippen molar-refractivity contribution >= 4 is 28.7 Å². The van der Waals surface area contributed by atoms with Crippen molar-refractivity contribution < 1.29 is 0 Å². The normalized spacial score (nSPS) is 10.9. The van der Waals surface area contributed by atoms with Gasteiger partial charge in [0.2, 0.25) is 5.95 Å². The summed E-state index contributed by atoms with van der Waals surface area (Å²) in [5.74, 6) is 0.552. The van der Waals surface area contributed by atoms with Gasteiger partial charge < -0.3 is 10.3 Å². The molecule has 3 heterocycles. The zero-order valence-electron chi connectivity index (χ0n) is 8.93. The van der Waals surface area contributed by atoms with Gasteiger partial charge >= 0.3 is 0 Å². The first kappa shape index (κ1) is 10.1. The van der Waals surface area contributed by atoms with Gasteiger partial charge in [-0.25, -0.2) is 9.97 Å². The van der Waals surface area contributed by atoms with E-state index in [1.807, 2.05) is 0 Å². The Hall–Kier alpha value is -2.09. The first-order chi connectivity index (χ1) is 8.36. The number of fused-ring (bicyclic) bond motifs is 1. The van der Waals surface area contributed by atoms with E-state index in [1.165, 1.54) is 11.8 Å². The molecule has 0 aromatic carbocycles. The van der Waals surface area contributed by atoms with Crippen LogP contribution < -0.4 is 5.32 Å². The number of anilines is 1. The molecule has 0 saturated heterocycles. The number of aromatic amines is 2. The van der Waals surface area contributed by atoms with Crippen molar-refractivity contribution in [2.75, 3.05) is 12.4 Å². The minimum atomic E-state index is 0.552. The van der Waals surface area contributed by atoms with Crippen molar-refractivity contribution in [3.63, 3.8) is 0 Å². The van der Waals surface area contributed by atoms with Crippen molar-refractivity contribution in [3.05, 3.63) is 18.6 Å².